The molecule has 0 unspecified atom stereocenters. The molecule has 10 heteroatoms. The molecule has 2 aromatic heterocycles. The number of amides is 2. The largest absolute Gasteiger partial charge is 0.492 e. The number of para-hydroxylation sites is 1. The van der Waals surface area contributed by atoms with Crippen LogP contribution in [0, 0.1) is 20.2 Å². The minimum Gasteiger partial charge on any atom is -0.492 e. The van der Waals surface area contributed by atoms with Gasteiger partial charge in [0.25, 0.3) is 5.91 Å². The van der Waals surface area contributed by atoms with Crippen LogP contribution in [0.4, 0.5) is 21.5 Å². The van der Waals surface area contributed by atoms with E-state index in [1.165, 1.54) is 25.4 Å². The van der Waals surface area contributed by atoms with Crippen molar-refractivity contribution >= 4 is 29.4 Å². The Balaban J connectivity index is 0.00000181. The quantitative estimate of drug-likeness (QED) is 0.299. The van der Waals surface area contributed by atoms with Crippen LogP contribution in [0.25, 0.3) is 11.3 Å². The number of carbonyl (C=O) groups is 2. The van der Waals surface area contributed by atoms with Gasteiger partial charge in [0, 0.05) is 50.2 Å². The zero-order chi connectivity index (χ0) is 21.3. The Morgan fingerprint density at radius 1 is 1.31 bits per heavy atom. The number of nitrogens with zero attached hydrogens (tertiary/aromatic N) is 1. The molecule has 2 amide bonds. The minimum atomic E-state index is -0.539. The van der Waals surface area contributed by atoms with Crippen molar-refractivity contribution in [3.8, 4) is 17.0 Å². The Hall–Kier alpha value is -2.78. The molecule has 1 aromatic carbocycles. The van der Waals surface area contributed by atoms with Gasteiger partial charge in [-0.05, 0) is 24.6 Å². The van der Waals surface area contributed by atoms with E-state index in [4.69, 9.17) is 4.74 Å². The van der Waals surface area contributed by atoms with Gasteiger partial charge < -0.3 is 40.0 Å². The number of halogens is 1. The molecule has 4 N–H and O–H groups in total. The Morgan fingerprint density at radius 3 is 2.81 bits per heavy atom. The SMILES string of the molecule is [CH2-][C@@H]1Cc2[nH]c(-c3ccncc3NC=O)c(Nc3cccc(F)c3OC)c2C(=O)N1.[CH3-].[Y]. The van der Waals surface area contributed by atoms with Crippen LogP contribution in [0.15, 0.2) is 36.7 Å². The van der Waals surface area contributed by atoms with Gasteiger partial charge in [0.15, 0.2) is 11.6 Å². The van der Waals surface area contributed by atoms with E-state index in [-0.39, 0.29) is 57.8 Å². The maximum Gasteiger partial charge on any atom is 0.253 e. The number of pyridine rings is 1. The number of aromatic nitrogens is 2. The summed E-state index contributed by atoms with van der Waals surface area (Å²) in [5.74, 6) is -0.829. The summed E-state index contributed by atoms with van der Waals surface area (Å²) in [5.41, 5.74) is 3.46. The number of hydrogen-bond donors (Lipinski definition) is 4. The van der Waals surface area contributed by atoms with Crippen LogP contribution in [0.1, 0.15) is 16.1 Å². The van der Waals surface area contributed by atoms with Crippen molar-refractivity contribution in [3.05, 3.63) is 68.1 Å². The van der Waals surface area contributed by atoms with Crippen LogP contribution < -0.4 is 20.7 Å². The van der Waals surface area contributed by atoms with Gasteiger partial charge in [0.05, 0.1) is 41.6 Å². The molecular weight excluding hydrogens is 490 g/mol. The number of carbonyl (C=O) groups excluding carboxylic acids is 2. The average molecular weight is 512 g/mol. The number of hydrogen-bond acceptors (Lipinski definition) is 5. The van der Waals surface area contributed by atoms with Crippen LogP contribution in [0.2, 0.25) is 0 Å². The minimum absolute atomic E-state index is 0. The normalized spacial score (nSPS) is 14.2. The molecule has 0 saturated heterocycles. The monoisotopic (exact) mass is 512 g/mol. The molecule has 165 valence electrons. The fraction of sp³-hybridized carbons (Fsp3) is 0.136. The van der Waals surface area contributed by atoms with Gasteiger partial charge >= 0.3 is 0 Å². The predicted molar refractivity (Wildman–Crippen MR) is 117 cm³/mol. The Morgan fingerprint density at radius 2 is 2.09 bits per heavy atom. The molecule has 3 heterocycles. The Kier molecular flexibility index (Phi) is 8.52. The van der Waals surface area contributed by atoms with Crippen molar-refractivity contribution in [2.45, 2.75) is 12.5 Å². The van der Waals surface area contributed by atoms with Crippen LogP contribution >= 0.6 is 0 Å². The summed E-state index contributed by atoms with van der Waals surface area (Å²) >= 11 is 0. The predicted octanol–water partition coefficient (Wildman–Crippen LogP) is 3.47. The molecular formula is C22H22FN5O3Y-2. The third kappa shape index (κ3) is 4.68. The van der Waals surface area contributed by atoms with Gasteiger partial charge in [0.1, 0.15) is 0 Å². The Bertz CT molecular complexity index is 1130. The molecule has 0 spiro atoms. The first-order valence-corrected chi connectivity index (χ1v) is 9.16. The van der Waals surface area contributed by atoms with Gasteiger partial charge in [-0.1, -0.05) is 12.1 Å². The molecule has 0 fully saturated rings. The van der Waals surface area contributed by atoms with E-state index >= 15 is 0 Å². The first-order chi connectivity index (χ1) is 14.5. The second-order valence-electron chi connectivity index (χ2n) is 6.73. The molecule has 0 aliphatic carbocycles. The molecule has 32 heavy (non-hydrogen) atoms. The molecule has 1 aliphatic heterocycles. The number of H-pyrrole nitrogens is 1. The summed E-state index contributed by atoms with van der Waals surface area (Å²) in [4.78, 5) is 31.1. The second-order valence-corrected chi connectivity index (χ2v) is 6.73. The number of fused-ring (bicyclic) bond motifs is 1. The van der Waals surface area contributed by atoms with Crippen LogP contribution in [-0.2, 0) is 43.9 Å². The first kappa shape index (κ1) is 25.5. The zero-order valence-corrected chi connectivity index (χ0v) is 20.5. The molecule has 1 radical (unpaired) electrons. The third-order valence-electron chi connectivity index (χ3n) is 4.83. The van der Waals surface area contributed by atoms with Crippen molar-refractivity contribution in [2.24, 2.45) is 0 Å². The van der Waals surface area contributed by atoms with Crippen LogP contribution in [0.3, 0.4) is 0 Å². The number of aromatic amines is 1. The maximum atomic E-state index is 14.2. The van der Waals surface area contributed by atoms with Gasteiger partial charge in [0.2, 0.25) is 6.41 Å². The van der Waals surface area contributed by atoms with E-state index in [1.54, 1.807) is 18.3 Å². The van der Waals surface area contributed by atoms with Crippen molar-refractivity contribution in [1.82, 2.24) is 15.3 Å². The van der Waals surface area contributed by atoms with Crippen LogP contribution in [0.5, 0.6) is 5.75 Å². The third-order valence-corrected chi connectivity index (χ3v) is 4.83. The van der Waals surface area contributed by atoms with E-state index in [9.17, 15) is 14.0 Å². The second kappa shape index (κ2) is 10.7. The van der Waals surface area contributed by atoms with E-state index in [2.05, 4.69) is 32.8 Å². The number of ether oxygens (including phenoxy) is 1. The van der Waals surface area contributed by atoms with Gasteiger partial charge in [-0.15, -0.1) is 0 Å². The smallest absolute Gasteiger partial charge is 0.253 e. The van der Waals surface area contributed by atoms with Crippen molar-refractivity contribution < 1.29 is 51.4 Å². The van der Waals surface area contributed by atoms with E-state index in [1.807, 2.05) is 0 Å². The van der Waals surface area contributed by atoms with Crippen molar-refractivity contribution in [2.75, 3.05) is 17.7 Å². The molecule has 0 saturated carbocycles. The molecule has 0 bridgehead atoms. The fourth-order valence-electron chi connectivity index (χ4n) is 3.58. The number of nitrogens with one attached hydrogen (secondary N) is 4. The molecule has 8 nitrogen and oxygen atoms in total. The van der Waals surface area contributed by atoms with E-state index in [0.717, 1.165) is 0 Å². The Labute approximate surface area is 210 Å². The summed E-state index contributed by atoms with van der Waals surface area (Å²) < 4.78 is 19.4. The summed E-state index contributed by atoms with van der Waals surface area (Å²) in [6.07, 6.45) is 4.10. The average Bonchev–Trinajstić information content (AvgIpc) is 3.07. The maximum absolute atomic E-state index is 14.2. The van der Waals surface area contributed by atoms with Gasteiger partial charge in [-0.3, -0.25) is 14.6 Å². The summed E-state index contributed by atoms with van der Waals surface area (Å²) in [6, 6.07) is 5.88. The summed E-state index contributed by atoms with van der Waals surface area (Å²) in [5, 5.41) is 8.56. The van der Waals surface area contributed by atoms with Crippen LogP contribution in [-0.4, -0.2) is 35.4 Å². The number of benzene rings is 1. The molecule has 1 aliphatic rings. The number of anilines is 3. The molecule has 3 aromatic rings. The molecule has 1 atom stereocenters. The van der Waals surface area contributed by atoms with Gasteiger partial charge in [-0.25, -0.2) is 4.39 Å². The zero-order valence-electron chi connectivity index (χ0n) is 17.7. The van der Waals surface area contributed by atoms with Crippen molar-refractivity contribution in [3.63, 3.8) is 0 Å². The van der Waals surface area contributed by atoms with E-state index < -0.39 is 5.82 Å². The summed E-state index contributed by atoms with van der Waals surface area (Å²) in [7, 11) is 1.37. The topological polar surface area (TPSA) is 108 Å². The fourth-order valence-corrected chi connectivity index (χ4v) is 3.58. The van der Waals surface area contributed by atoms with E-state index in [0.29, 0.717) is 52.4 Å². The first-order valence-electron chi connectivity index (χ1n) is 9.16. The standard InChI is InChI=1S/C21H19FN5O3.CH3.Y/c1-11-8-15-17(21(29)25-11)19(26-14-5-3-4-13(22)20(14)30-2)18(27-15)12-6-7-23-9-16(12)24-10-28;;/h3-7,9-11,26-27H,1,8H2,2H3,(H,24,28)(H,25,29);1H3;/q2*-1;/t11-;;/m1../s1. The number of rotatable bonds is 6. The number of methoxy groups -OCH3 is 1. The van der Waals surface area contributed by atoms with Crippen molar-refractivity contribution in [1.29, 1.82) is 0 Å². The van der Waals surface area contributed by atoms with Gasteiger partial charge in [-0.2, -0.15) is 0 Å². The summed E-state index contributed by atoms with van der Waals surface area (Å²) in [6.45, 7) is 3.92. The molecule has 4 rings (SSSR count).